The first kappa shape index (κ1) is 11.1. The lowest BCUT2D eigenvalue weighted by Crippen LogP contribution is -2.08. The molecular weight excluding hydrogens is 226 g/mol. The van der Waals surface area contributed by atoms with Crippen LogP contribution in [0.4, 0.5) is 0 Å². The number of nitrogens with two attached hydrogens (primary N) is 1. The molecule has 0 saturated carbocycles. The first-order chi connectivity index (χ1) is 7.70. The Hall–Kier alpha value is -1.39. The van der Waals surface area contributed by atoms with Crippen molar-refractivity contribution in [3.63, 3.8) is 0 Å². The van der Waals surface area contributed by atoms with Crippen molar-refractivity contribution in [3.8, 4) is 11.4 Å². The van der Waals surface area contributed by atoms with Gasteiger partial charge in [-0.3, -0.25) is 0 Å². The first-order valence-corrected chi connectivity index (χ1v) is 5.43. The highest BCUT2D eigenvalue weighted by molar-refractivity contribution is 6.30. The molecule has 5 heteroatoms. The molecule has 1 aromatic carbocycles. The number of halogens is 1. The first-order valence-electron chi connectivity index (χ1n) is 5.06. The highest BCUT2D eigenvalue weighted by atomic mass is 35.5. The third-order valence-corrected chi connectivity index (χ3v) is 2.52. The molecule has 1 atom stereocenters. The lowest BCUT2D eigenvalue weighted by atomic mass is 10.2. The Balaban J connectivity index is 2.31. The van der Waals surface area contributed by atoms with Crippen molar-refractivity contribution >= 4 is 11.6 Å². The van der Waals surface area contributed by atoms with E-state index in [2.05, 4.69) is 10.1 Å². The van der Waals surface area contributed by atoms with Gasteiger partial charge in [-0.15, -0.1) is 0 Å². The van der Waals surface area contributed by atoms with Crippen molar-refractivity contribution in [2.45, 2.75) is 19.4 Å². The standard InChI is InChI=1S/C11H12ClN3O/c1-2-9(13)11-14-10(15-16-11)7-4-3-5-8(12)6-7/h3-6,9H,2,13H2,1H3/t9-/m0/s1. The Morgan fingerprint density at radius 3 is 3.00 bits per heavy atom. The van der Waals surface area contributed by atoms with Crippen LogP contribution in [0.2, 0.25) is 5.02 Å². The number of rotatable bonds is 3. The maximum Gasteiger partial charge on any atom is 0.243 e. The van der Waals surface area contributed by atoms with Gasteiger partial charge in [0.25, 0.3) is 0 Å². The fourth-order valence-corrected chi connectivity index (χ4v) is 1.50. The van der Waals surface area contributed by atoms with Crippen LogP contribution < -0.4 is 5.73 Å². The van der Waals surface area contributed by atoms with Gasteiger partial charge in [0.15, 0.2) is 0 Å². The molecule has 2 rings (SSSR count). The summed E-state index contributed by atoms with van der Waals surface area (Å²) in [5, 5.41) is 4.51. The SMILES string of the molecule is CC[C@H](N)c1nc(-c2cccc(Cl)c2)no1. The third kappa shape index (κ3) is 2.23. The summed E-state index contributed by atoms with van der Waals surface area (Å²) in [5.41, 5.74) is 6.62. The van der Waals surface area contributed by atoms with Crippen molar-refractivity contribution in [3.05, 3.63) is 35.2 Å². The fourth-order valence-electron chi connectivity index (χ4n) is 1.31. The largest absolute Gasteiger partial charge is 0.337 e. The quantitative estimate of drug-likeness (QED) is 0.892. The summed E-state index contributed by atoms with van der Waals surface area (Å²) in [6, 6.07) is 7.09. The fraction of sp³-hybridized carbons (Fsp3) is 0.273. The molecule has 0 aliphatic heterocycles. The van der Waals surface area contributed by atoms with Crippen LogP contribution in [0.3, 0.4) is 0 Å². The van der Waals surface area contributed by atoms with Crippen LogP contribution in [-0.4, -0.2) is 10.1 Å². The van der Waals surface area contributed by atoms with Crippen molar-refractivity contribution < 1.29 is 4.52 Å². The van der Waals surface area contributed by atoms with Crippen LogP contribution in [0.5, 0.6) is 0 Å². The maximum absolute atomic E-state index is 5.88. The van der Waals surface area contributed by atoms with E-state index in [1.165, 1.54) is 0 Å². The number of hydrogen-bond acceptors (Lipinski definition) is 4. The smallest absolute Gasteiger partial charge is 0.243 e. The monoisotopic (exact) mass is 237 g/mol. The molecule has 0 unspecified atom stereocenters. The average Bonchev–Trinajstić information content (AvgIpc) is 2.77. The number of hydrogen-bond donors (Lipinski definition) is 1. The summed E-state index contributed by atoms with van der Waals surface area (Å²) < 4.78 is 5.08. The van der Waals surface area contributed by atoms with Crippen molar-refractivity contribution in [1.29, 1.82) is 0 Å². The summed E-state index contributed by atoms with van der Waals surface area (Å²) in [7, 11) is 0. The normalized spacial score (nSPS) is 12.7. The lowest BCUT2D eigenvalue weighted by molar-refractivity contribution is 0.352. The van der Waals surface area contributed by atoms with Gasteiger partial charge in [-0.05, 0) is 18.6 Å². The van der Waals surface area contributed by atoms with Crippen molar-refractivity contribution in [2.24, 2.45) is 5.73 Å². The molecule has 0 saturated heterocycles. The zero-order chi connectivity index (χ0) is 11.5. The van der Waals surface area contributed by atoms with E-state index in [1.807, 2.05) is 19.1 Å². The molecule has 1 aromatic heterocycles. The zero-order valence-electron chi connectivity index (χ0n) is 8.85. The summed E-state index contributed by atoms with van der Waals surface area (Å²) in [4.78, 5) is 4.23. The summed E-state index contributed by atoms with van der Waals surface area (Å²) in [5.74, 6) is 0.971. The van der Waals surface area contributed by atoms with Crippen LogP contribution >= 0.6 is 11.6 Å². The minimum atomic E-state index is -0.208. The molecule has 1 heterocycles. The van der Waals surface area contributed by atoms with Gasteiger partial charge in [0, 0.05) is 10.6 Å². The summed E-state index contributed by atoms with van der Waals surface area (Å²) in [6.45, 7) is 1.97. The molecule has 2 aromatic rings. The van der Waals surface area contributed by atoms with Gasteiger partial charge in [-0.2, -0.15) is 4.98 Å². The van der Waals surface area contributed by atoms with E-state index in [0.29, 0.717) is 16.7 Å². The van der Waals surface area contributed by atoms with Crippen LogP contribution in [0.15, 0.2) is 28.8 Å². The topological polar surface area (TPSA) is 64.9 Å². The lowest BCUT2D eigenvalue weighted by Gasteiger charge is -1.99. The van der Waals surface area contributed by atoms with E-state index in [-0.39, 0.29) is 6.04 Å². The van der Waals surface area contributed by atoms with Crippen LogP contribution in [-0.2, 0) is 0 Å². The van der Waals surface area contributed by atoms with E-state index < -0.39 is 0 Å². The van der Waals surface area contributed by atoms with Gasteiger partial charge in [-0.1, -0.05) is 35.8 Å². The highest BCUT2D eigenvalue weighted by Crippen LogP contribution is 2.21. The second-order valence-corrected chi connectivity index (χ2v) is 3.92. The predicted octanol–water partition coefficient (Wildman–Crippen LogP) is 2.80. The molecule has 0 aliphatic carbocycles. The molecule has 0 spiro atoms. The van der Waals surface area contributed by atoms with Crippen LogP contribution in [0.1, 0.15) is 25.3 Å². The molecular formula is C11H12ClN3O. The van der Waals surface area contributed by atoms with Gasteiger partial charge in [0.1, 0.15) is 0 Å². The van der Waals surface area contributed by atoms with Gasteiger partial charge in [0.05, 0.1) is 6.04 Å². The Morgan fingerprint density at radius 2 is 2.31 bits per heavy atom. The molecule has 0 bridgehead atoms. The van der Waals surface area contributed by atoms with E-state index in [4.69, 9.17) is 21.9 Å². The van der Waals surface area contributed by atoms with Gasteiger partial charge in [0.2, 0.25) is 11.7 Å². The van der Waals surface area contributed by atoms with Gasteiger partial charge < -0.3 is 10.3 Å². The van der Waals surface area contributed by atoms with Crippen LogP contribution in [0, 0.1) is 0 Å². The highest BCUT2D eigenvalue weighted by Gasteiger charge is 2.13. The molecule has 0 radical (unpaired) electrons. The second kappa shape index (κ2) is 4.63. The Kier molecular flexibility index (Phi) is 3.22. The number of benzene rings is 1. The Bertz CT molecular complexity index is 484. The van der Waals surface area contributed by atoms with E-state index in [1.54, 1.807) is 12.1 Å². The van der Waals surface area contributed by atoms with E-state index in [0.717, 1.165) is 12.0 Å². The summed E-state index contributed by atoms with van der Waals surface area (Å²) in [6.07, 6.45) is 0.761. The average molecular weight is 238 g/mol. The zero-order valence-corrected chi connectivity index (χ0v) is 9.61. The molecule has 0 amide bonds. The van der Waals surface area contributed by atoms with Gasteiger partial charge >= 0.3 is 0 Å². The number of aromatic nitrogens is 2. The minimum Gasteiger partial charge on any atom is -0.337 e. The molecule has 4 nitrogen and oxygen atoms in total. The molecule has 2 N–H and O–H groups in total. The van der Waals surface area contributed by atoms with Gasteiger partial charge in [-0.25, -0.2) is 0 Å². The second-order valence-electron chi connectivity index (χ2n) is 3.48. The molecule has 16 heavy (non-hydrogen) atoms. The van der Waals surface area contributed by atoms with Crippen molar-refractivity contribution in [1.82, 2.24) is 10.1 Å². The molecule has 0 aliphatic rings. The Labute approximate surface area is 98.4 Å². The van der Waals surface area contributed by atoms with Crippen molar-refractivity contribution in [2.75, 3.05) is 0 Å². The van der Waals surface area contributed by atoms with E-state index >= 15 is 0 Å². The third-order valence-electron chi connectivity index (χ3n) is 2.28. The Morgan fingerprint density at radius 1 is 1.50 bits per heavy atom. The molecule has 0 fully saturated rings. The number of nitrogens with zero attached hydrogens (tertiary/aromatic N) is 2. The van der Waals surface area contributed by atoms with Crippen LogP contribution in [0.25, 0.3) is 11.4 Å². The molecule has 84 valence electrons. The minimum absolute atomic E-state index is 0.208. The van der Waals surface area contributed by atoms with E-state index in [9.17, 15) is 0 Å². The predicted molar refractivity (Wildman–Crippen MR) is 62.0 cm³/mol. The maximum atomic E-state index is 5.88. The summed E-state index contributed by atoms with van der Waals surface area (Å²) >= 11 is 5.88.